The van der Waals surface area contributed by atoms with Gasteiger partial charge in [-0.2, -0.15) is 0 Å². The van der Waals surface area contributed by atoms with Crippen molar-refractivity contribution in [2.24, 2.45) is 0 Å². The largest absolute Gasteiger partial charge is 0.0837 e. The van der Waals surface area contributed by atoms with E-state index in [9.17, 15) is 0 Å². The molecule has 0 N–H and O–H groups in total. The Morgan fingerprint density at radius 1 is 0.938 bits per heavy atom. The Labute approximate surface area is 101 Å². The Morgan fingerprint density at radius 2 is 1.56 bits per heavy atom. The number of hydrogen-bond donors (Lipinski definition) is 0. The zero-order valence-electron chi connectivity index (χ0n) is 9.15. The van der Waals surface area contributed by atoms with E-state index in [1.54, 1.807) is 0 Å². The molecule has 0 unspecified atom stereocenters. The first-order valence-electron chi connectivity index (χ1n) is 5.25. The maximum absolute atomic E-state index is 6.11. The Morgan fingerprint density at radius 3 is 2.25 bits per heavy atom. The Balaban J connectivity index is 2.36. The fourth-order valence-electron chi connectivity index (χ4n) is 1.61. The van der Waals surface area contributed by atoms with Crippen molar-refractivity contribution in [3.8, 4) is 0 Å². The van der Waals surface area contributed by atoms with E-state index in [0.29, 0.717) is 0 Å². The Kier molecular flexibility index (Phi) is 3.43. The molecule has 0 heterocycles. The lowest BCUT2D eigenvalue weighted by atomic mass is 10.0. The summed E-state index contributed by atoms with van der Waals surface area (Å²) in [5, 5.41) is 0.790. The maximum Gasteiger partial charge on any atom is 0.0478 e. The van der Waals surface area contributed by atoms with E-state index >= 15 is 0 Å². The molecule has 0 aliphatic heterocycles. The standard InChI is InChI=1S/C15H13Cl/c1-12(13-7-3-2-4-8-13)11-14-9-5-6-10-15(14)16/h2-11H,1H3. The molecule has 0 aliphatic rings. The SMILES string of the molecule is CC(=Cc1ccccc1Cl)c1ccccc1. The van der Waals surface area contributed by atoms with Gasteiger partial charge in [-0.05, 0) is 35.8 Å². The minimum absolute atomic E-state index is 0.790. The first-order valence-corrected chi connectivity index (χ1v) is 5.63. The van der Waals surface area contributed by atoms with Crippen molar-refractivity contribution >= 4 is 23.3 Å². The van der Waals surface area contributed by atoms with Crippen molar-refractivity contribution in [2.75, 3.05) is 0 Å². The Hall–Kier alpha value is -1.53. The fraction of sp³-hybridized carbons (Fsp3) is 0.0667. The molecular weight excluding hydrogens is 216 g/mol. The number of allylic oxidation sites excluding steroid dienone is 1. The molecule has 0 spiro atoms. The lowest BCUT2D eigenvalue weighted by Crippen LogP contribution is -1.80. The summed E-state index contributed by atoms with van der Waals surface area (Å²) in [5.41, 5.74) is 3.50. The molecule has 0 saturated carbocycles. The highest BCUT2D eigenvalue weighted by atomic mass is 35.5. The van der Waals surface area contributed by atoms with Crippen molar-refractivity contribution in [2.45, 2.75) is 6.92 Å². The molecule has 2 rings (SSSR count). The monoisotopic (exact) mass is 228 g/mol. The lowest BCUT2D eigenvalue weighted by Gasteiger charge is -2.02. The highest BCUT2D eigenvalue weighted by molar-refractivity contribution is 6.32. The number of rotatable bonds is 2. The van der Waals surface area contributed by atoms with E-state index in [4.69, 9.17) is 11.6 Å². The van der Waals surface area contributed by atoms with Crippen LogP contribution >= 0.6 is 11.6 Å². The molecule has 2 aromatic rings. The first-order chi connectivity index (χ1) is 7.77. The molecule has 0 fully saturated rings. The molecule has 0 atom stereocenters. The number of hydrogen-bond acceptors (Lipinski definition) is 0. The molecule has 0 radical (unpaired) electrons. The third-order valence-electron chi connectivity index (χ3n) is 2.51. The molecule has 80 valence electrons. The molecule has 0 nitrogen and oxygen atoms in total. The minimum Gasteiger partial charge on any atom is -0.0837 e. The predicted octanol–water partition coefficient (Wildman–Crippen LogP) is 4.90. The number of benzene rings is 2. The molecule has 0 saturated heterocycles. The van der Waals surface area contributed by atoms with E-state index in [1.165, 1.54) is 11.1 Å². The molecular formula is C15H13Cl. The van der Waals surface area contributed by atoms with E-state index < -0.39 is 0 Å². The van der Waals surface area contributed by atoms with E-state index in [-0.39, 0.29) is 0 Å². The highest BCUT2D eigenvalue weighted by Gasteiger charge is 1.98. The van der Waals surface area contributed by atoms with Crippen LogP contribution in [-0.2, 0) is 0 Å². The van der Waals surface area contributed by atoms with Gasteiger partial charge in [0.05, 0.1) is 0 Å². The van der Waals surface area contributed by atoms with Crippen LogP contribution in [0.25, 0.3) is 11.6 Å². The lowest BCUT2D eigenvalue weighted by molar-refractivity contribution is 1.57. The zero-order chi connectivity index (χ0) is 11.4. The molecule has 16 heavy (non-hydrogen) atoms. The summed E-state index contributed by atoms with van der Waals surface area (Å²) in [6, 6.07) is 18.2. The summed E-state index contributed by atoms with van der Waals surface area (Å²) in [5.74, 6) is 0. The Bertz CT molecular complexity index is 498. The normalized spacial score (nSPS) is 11.5. The number of halogens is 1. The van der Waals surface area contributed by atoms with Gasteiger partial charge < -0.3 is 0 Å². The van der Waals surface area contributed by atoms with Crippen LogP contribution in [0.15, 0.2) is 54.6 Å². The topological polar surface area (TPSA) is 0 Å². The van der Waals surface area contributed by atoms with Gasteiger partial charge in [0.1, 0.15) is 0 Å². The first kappa shape index (κ1) is 11.0. The van der Waals surface area contributed by atoms with Gasteiger partial charge in [-0.3, -0.25) is 0 Å². The zero-order valence-corrected chi connectivity index (χ0v) is 9.91. The van der Waals surface area contributed by atoms with Crippen LogP contribution in [0.4, 0.5) is 0 Å². The van der Waals surface area contributed by atoms with Crippen LogP contribution in [0, 0.1) is 0 Å². The summed E-state index contributed by atoms with van der Waals surface area (Å²) in [6.45, 7) is 2.10. The van der Waals surface area contributed by atoms with Crippen LogP contribution in [0.3, 0.4) is 0 Å². The van der Waals surface area contributed by atoms with Gasteiger partial charge in [-0.25, -0.2) is 0 Å². The maximum atomic E-state index is 6.11. The average Bonchev–Trinajstić information content (AvgIpc) is 2.33. The predicted molar refractivity (Wildman–Crippen MR) is 71.4 cm³/mol. The summed E-state index contributed by atoms with van der Waals surface area (Å²) < 4.78 is 0. The third-order valence-corrected chi connectivity index (χ3v) is 2.85. The van der Waals surface area contributed by atoms with Gasteiger partial charge in [0, 0.05) is 5.02 Å². The van der Waals surface area contributed by atoms with Gasteiger partial charge in [-0.1, -0.05) is 60.1 Å². The fourth-order valence-corrected chi connectivity index (χ4v) is 1.80. The van der Waals surface area contributed by atoms with Gasteiger partial charge in [0.2, 0.25) is 0 Å². The molecule has 0 amide bonds. The third kappa shape index (κ3) is 2.53. The molecule has 0 aromatic heterocycles. The minimum atomic E-state index is 0.790. The summed E-state index contributed by atoms with van der Waals surface area (Å²) >= 11 is 6.11. The summed E-state index contributed by atoms with van der Waals surface area (Å²) in [4.78, 5) is 0. The molecule has 0 bridgehead atoms. The molecule has 2 aromatic carbocycles. The van der Waals surface area contributed by atoms with Crippen LogP contribution in [0.2, 0.25) is 5.02 Å². The average molecular weight is 229 g/mol. The van der Waals surface area contributed by atoms with Crippen molar-refractivity contribution in [1.82, 2.24) is 0 Å². The van der Waals surface area contributed by atoms with E-state index in [2.05, 4.69) is 25.1 Å². The van der Waals surface area contributed by atoms with E-state index in [1.807, 2.05) is 42.5 Å². The van der Waals surface area contributed by atoms with E-state index in [0.717, 1.165) is 10.6 Å². The molecule has 1 heteroatoms. The van der Waals surface area contributed by atoms with Crippen LogP contribution in [0.1, 0.15) is 18.1 Å². The van der Waals surface area contributed by atoms with Gasteiger partial charge in [-0.15, -0.1) is 0 Å². The van der Waals surface area contributed by atoms with Crippen LogP contribution in [0.5, 0.6) is 0 Å². The van der Waals surface area contributed by atoms with Crippen LogP contribution in [-0.4, -0.2) is 0 Å². The summed E-state index contributed by atoms with van der Waals surface area (Å²) in [7, 11) is 0. The second-order valence-electron chi connectivity index (χ2n) is 3.71. The smallest absolute Gasteiger partial charge is 0.0478 e. The van der Waals surface area contributed by atoms with Gasteiger partial charge in [0.25, 0.3) is 0 Å². The van der Waals surface area contributed by atoms with Crippen molar-refractivity contribution in [3.05, 3.63) is 70.7 Å². The highest BCUT2D eigenvalue weighted by Crippen LogP contribution is 2.22. The van der Waals surface area contributed by atoms with Crippen molar-refractivity contribution < 1.29 is 0 Å². The van der Waals surface area contributed by atoms with Crippen molar-refractivity contribution in [3.63, 3.8) is 0 Å². The summed E-state index contributed by atoms with van der Waals surface area (Å²) in [6.07, 6.45) is 2.11. The molecule has 0 aliphatic carbocycles. The second kappa shape index (κ2) is 5.00. The van der Waals surface area contributed by atoms with Crippen molar-refractivity contribution in [1.29, 1.82) is 0 Å². The van der Waals surface area contributed by atoms with Gasteiger partial charge >= 0.3 is 0 Å². The van der Waals surface area contributed by atoms with Crippen LogP contribution < -0.4 is 0 Å². The second-order valence-corrected chi connectivity index (χ2v) is 4.12. The van der Waals surface area contributed by atoms with Gasteiger partial charge in [0.15, 0.2) is 0 Å². The quantitative estimate of drug-likeness (QED) is 0.642.